The number of nitrogens with zero attached hydrogens (tertiary/aromatic N) is 3. The first-order valence-corrected chi connectivity index (χ1v) is 6.08. The topological polar surface area (TPSA) is 38.1 Å². The zero-order valence-corrected chi connectivity index (χ0v) is 9.80. The van der Waals surface area contributed by atoms with Crippen molar-refractivity contribution in [2.75, 3.05) is 13.1 Å². The van der Waals surface area contributed by atoms with Crippen LogP contribution in [0.15, 0.2) is 18.7 Å². The van der Waals surface area contributed by atoms with E-state index in [4.69, 9.17) is 0 Å². The lowest BCUT2D eigenvalue weighted by Gasteiger charge is -2.31. The van der Waals surface area contributed by atoms with Crippen molar-refractivity contribution >= 4 is 6.03 Å². The molecule has 16 heavy (non-hydrogen) atoms. The molecule has 1 aromatic rings. The maximum Gasteiger partial charge on any atom is 0.329 e. The number of carbonyl (C=O) groups excluding carboxylic acids is 1. The van der Waals surface area contributed by atoms with Crippen molar-refractivity contribution in [3.05, 3.63) is 18.7 Å². The van der Waals surface area contributed by atoms with Crippen LogP contribution in [0.1, 0.15) is 32.6 Å². The lowest BCUT2D eigenvalue weighted by atomic mass is 9.93. The van der Waals surface area contributed by atoms with Crippen LogP contribution in [-0.4, -0.2) is 33.6 Å². The fourth-order valence-corrected chi connectivity index (χ4v) is 2.36. The van der Waals surface area contributed by atoms with Gasteiger partial charge in [-0.3, -0.25) is 4.57 Å². The average Bonchev–Trinajstić information content (AvgIpc) is 2.83. The van der Waals surface area contributed by atoms with Crippen LogP contribution in [0.25, 0.3) is 0 Å². The zero-order chi connectivity index (χ0) is 11.4. The summed E-state index contributed by atoms with van der Waals surface area (Å²) in [5, 5.41) is 0. The Balaban J connectivity index is 1.87. The van der Waals surface area contributed by atoms with E-state index in [-0.39, 0.29) is 6.03 Å². The maximum atomic E-state index is 12.0. The third-order valence-corrected chi connectivity index (χ3v) is 3.31. The fourth-order valence-electron chi connectivity index (χ4n) is 2.36. The maximum absolute atomic E-state index is 12.0. The van der Waals surface area contributed by atoms with E-state index >= 15 is 0 Å². The number of aromatic nitrogens is 2. The minimum Gasteiger partial charge on any atom is -0.324 e. The Hall–Kier alpha value is -1.32. The van der Waals surface area contributed by atoms with Gasteiger partial charge in [0.15, 0.2) is 0 Å². The molecule has 88 valence electrons. The molecule has 1 aliphatic rings. The number of hydrogen-bond acceptors (Lipinski definition) is 2. The Bertz CT molecular complexity index is 326. The van der Waals surface area contributed by atoms with Gasteiger partial charge in [0.05, 0.1) is 0 Å². The number of hydrogen-bond donors (Lipinski definition) is 0. The van der Waals surface area contributed by atoms with Gasteiger partial charge in [0, 0.05) is 25.5 Å². The number of carbonyl (C=O) groups is 1. The van der Waals surface area contributed by atoms with Gasteiger partial charge in [0.2, 0.25) is 0 Å². The molecule has 0 unspecified atom stereocenters. The molecule has 0 aliphatic carbocycles. The highest BCUT2D eigenvalue weighted by atomic mass is 16.2. The van der Waals surface area contributed by atoms with Gasteiger partial charge >= 0.3 is 6.03 Å². The van der Waals surface area contributed by atoms with E-state index in [1.54, 1.807) is 23.3 Å². The van der Waals surface area contributed by atoms with E-state index in [1.807, 2.05) is 4.90 Å². The highest BCUT2D eigenvalue weighted by molar-refractivity contribution is 5.76. The molecule has 2 heterocycles. The molecule has 1 saturated heterocycles. The smallest absolute Gasteiger partial charge is 0.324 e. The molecule has 0 bridgehead atoms. The van der Waals surface area contributed by atoms with Gasteiger partial charge in [0.1, 0.15) is 6.33 Å². The number of rotatable bonds is 2. The molecule has 1 aliphatic heterocycles. The van der Waals surface area contributed by atoms with Gasteiger partial charge < -0.3 is 4.90 Å². The van der Waals surface area contributed by atoms with Crippen LogP contribution in [0, 0.1) is 5.92 Å². The van der Waals surface area contributed by atoms with Crippen LogP contribution in [0.5, 0.6) is 0 Å². The number of amides is 1. The summed E-state index contributed by atoms with van der Waals surface area (Å²) in [7, 11) is 0. The van der Waals surface area contributed by atoms with Gasteiger partial charge in [-0.25, -0.2) is 9.78 Å². The molecule has 0 spiro atoms. The monoisotopic (exact) mass is 221 g/mol. The van der Waals surface area contributed by atoms with Crippen molar-refractivity contribution in [3.8, 4) is 0 Å². The summed E-state index contributed by atoms with van der Waals surface area (Å²) in [5.41, 5.74) is 0. The van der Waals surface area contributed by atoms with Crippen molar-refractivity contribution in [2.24, 2.45) is 5.92 Å². The van der Waals surface area contributed by atoms with E-state index in [0.29, 0.717) is 0 Å². The Kier molecular flexibility index (Phi) is 3.59. The van der Waals surface area contributed by atoms with E-state index in [1.165, 1.54) is 12.8 Å². The summed E-state index contributed by atoms with van der Waals surface area (Å²) >= 11 is 0. The molecule has 2 rings (SSSR count). The lowest BCUT2D eigenvalue weighted by Crippen LogP contribution is -2.40. The van der Waals surface area contributed by atoms with Crippen molar-refractivity contribution in [2.45, 2.75) is 32.6 Å². The molecule has 0 atom stereocenters. The second-order valence-electron chi connectivity index (χ2n) is 4.47. The van der Waals surface area contributed by atoms with Crippen molar-refractivity contribution in [3.63, 3.8) is 0 Å². The minimum absolute atomic E-state index is 0.0625. The summed E-state index contributed by atoms with van der Waals surface area (Å²) in [5.74, 6) is 0.817. The first-order chi connectivity index (χ1) is 7.81. The van der Waals surface area contributed by atoms with Crippen LogP contribution >= 0.6 is 0 Å². The van der Waals surface area contributed by atoms with Crippen LogP contribution in [0.3, 0.4) is 0 Å². The largest absolute Gasteiger partial charge is 0.329 e. The number of likely N-dealkylation sites (tertiary alicyclic amines) is 1. The molecule has 0 saturated carbocycles. The van der Waals surface area contributed by atoms with E-state index in [0.717, 1.165) is 31.8 Å². The minimum atomic E-state index is 0.0625. The van der Waals surface area contributed by atoms with Crippen LogP contribution in [0.4, 0.5) is 4.79 Å². The summed E-state index contributed by atoms with van der Waals surface area (Å²) in [6, 6.07) is 0.0625. The molecule has 4 heteroatoms. The van der Waals surface area contributed by atoms with Gasteiger partial charge in [-0.1, -0.05) is 19.8 Å². The second-order valence-corrected chi connectivity index (χ2v) is 4.47. The van der Waals surface area contributed by atoms with Crippen molar-refractivity contribution < 1.29 is 4.79 Å². The Morgan fingerprint density at radius 2 is 2.19 bits per heavy atom. The second kappa shape index (κ2) is 5.14. The summed E-state index contributed by atoms with van der Waals surface area (Å²) in [6.45, 7) is 4.01. The molecule has 1 amide bonds. The van der Waals surface area contributed by atoms with Gasteiger partial charge in [0.25, 0.3) is 0 Å². The third kappa shape index (κ3) is 2.43. The van der Waals surface area contributed by atoms with Crippen LogP contribution in [-0.2, 0) is 0 Å². The van der Waals surface area contributed by atoms with Gasteiger partial charge in [-0.05, 0) is 18.8 Å². The van der Waals surface area contributed by atoms with Crippen LogP contribution in [0.2, 0.25) is 0 Å². The zero-order valence-electron chi connectivity index (χ0n) is 9.80. The average molecular weight is 221 g/mol. The quantitative estimate of drug-likeness (QED) is 0.769. The highest BCUT2D eigenvalue weighted by Gasteiger charge is 2.22. The van der Waals surface area contributed by atoms with E-state index in [9.17, 15) is 4.79 Å². The van der Waals surface area contributed by atoms with E-state index < -0.39 is 0 Å². The molecule has 0 radical (unpaired) electrons. The summed E-state index contributed by atoms with van der Waals surface area (Å²) in [6.07, 6.45) is 9.76. The predicted molar refractivity (Wildman–Crippen MR) is 62.2 cm³/mol. The van der Waals surface area contributed by atoms with E-state index in [2.05, 4.69) is 11.9 Å². The normalized spacial score (nSPS) is 17.7. The Morgan fingerprint density at radius 1 is 1.44 bits per heavy atom. The summed E-state index contributed by atoms with van der Waals surface area (Å²) in [4.78, 5) is 17.8. The highest BCUT2D eigenvalue weighted by Crippen LogP contribution is 2.21. The van der Waals surface area contributed by atoms with Gasteiger partial charge in [-0.2, -0.15) is 0 Å². The standard InChI is InChI=1S/C12H19N3O/c1-2-3-11-4-7-14(8-5-11)12(16)15-9-6-13-10-15/h6,9-11H,2-5,7-8H2,1H3. The first kappa shape index (κ1) is 11.2. The number of imidazole rings is 1. The SMILES string of the molecule is CCCC1CCN(C(=O)n2ccnc2)CC1. The van der Waals surface area contributed by atoms with Crippen molar-refractivity contribution in [1.29, 1.82) is 0 Å². The fraction of sp³-hybridized carbons (Fsp3) is 0.667. The predicted octanol–water partition coefficient (Wildman–Crippen LogP) is 2.36. The first-order valence-electron chi connectivity index (χ1n) is 6.08. The molecule has 1 aromatic heterocycles. The molecule has 0 aromatic carbocycles. The lowest BCUT2D eigenvalue weighted by molar-refractivity contribution is 0.169. The third-order valence-electron chi connectivity index (χ3n) is 3.31. The molecular weight excluding hydrogens is 202 g/mol. The Labute approximate surface area is 96.3 Å². The van der Waals surface area contributed by atoms with Crippen molar-refractivity contribution in [1.82, 2.24) is 14.5 Å². The molecule has 0 N–H and O–H groups in total. The van der Waals surface area contributed by atoms with Crippen LogP contribution < -0.4 is 0 Å². The van der Waals surface area contributed by atoms with Gasteiger partial charge in [-0.15, -0.1) is 0 Å². The molecule has 4 nitrogen and oxygen atoms in total. The Morgan fingerprint density at radius 3 is 2.75 bits per heavy atom. The molecule has 1 fully saturated rings. The summed E-state index contributed by atoms with van der Waals surface area (Å²) < 4.78 is 1.56. The number of piperidine rings is 1. The molecular formula is C12H19N3O.